The fraction of sp³-hybridized carbons (Fsp3) is 0.583. The van der Waals surface area contributed by atoms with Crippen LogP contribution in [0.4, 0.5) is 5.82 Å². The summed E-state index contributed by atoms with van der Waals surface area (Å²) in [5.74, 6) is 1.05. The van der Waals surface area contributed by atoms with Gasteiger partial charge >= 0.3 is 0 Å². The molecule has 0 atom stereocenters. The van der Waals surface area contributed by atoms with Crippen LogP contribution in [-0.2, 0) is 0 Å². The number of aryl methyl sites for hydroxylation is 1. The molecule has 1 aromatic heterocycles. The highest BCUT2D eigenvalue weighted by Gasteiger charge is 2.40. The van der Waals surface area contributed by atoms with Crippen molar-refractivity contribution >= 4 is 5.82 Å². The summed E-state index contributed by atoms with van der Waals surface area (Å²) in [6.45, 7) is 5.46. The molecule has 1 aliphatic rings. The average molecular weight is 190 g/mol. The zero-order valence-corrected chi connectivity index (χ0v) is 9.01. The van der Waals surface area contributed by atoms with Crippen LogP contribution in [0.3, 0.4) is 0 Å². The second kappa shape index (κ2) is 3.60. The Hall–Kier alpha value is -1.05. The number of pyridine rings is 1. The lowest BCUT2D eigenvalue weighted by Gasteiger charge is -2.14. The fourth-order valence-corrected chi connectivity index (χ4v) is 1.77. The Morgan fingerprint density at radius 2 is 2.29 bits per heavy atom. The van der Waals surface area contributed by atoms with Gasteiger partial charge < -0.3 is 5.32 Å². The summed E-state index contributed by atoms with van der Waals surface area (Å²) in [5, 5.41) is 3.46. The molecule has 0 radical (unpaired) electrons. The molecule has 1 aliphatic carbocycles. The second-order valence-corrected chi connectivity index (χ2v) is 4.38. The maximum atomic E-state index is 4.33. The summed E-state index contributed by atoms with van der Waals surface area (Å²) < 4.78 is 0. The molecule has 1 aromatic rings. The topological polar surface area (TPSA) is 24.9 Å². The van der Waals surface area contributed by atoms with Gasteiger partial charge in [-0.15, -0.1) is 0 Å². The van der Waals surface area contributed by atoms with Crippen molar-refractivity contribution < 1.29 is 0 Å². The van der Waals surface area contributed by atoms with Gasteiger partial charge in [-0.1, -0.05) is 13.0 Å². The highest BCUT2D eigenvalue weighted by atomic mass is 15.0. The molecule has 0 amide bonds. The Balaban J connectivity index is 1.95. The van der Waals surface area contributed by atoms with E-state index in [-0.39, 0.29) is 0 Å². The van der Waals surface area contributed by atoms with E-state index in [2.05, 4.69) is 30.2 Å². The van der Waals surface area contributed by atoms with Gasteiger partial charge in [0.1, 0.15) is 5.82 Å². The number of nitrogens with zero attached hydrogens (tertiary/aromatic N) is 1. The average Bonchev–Trinajstić information content (AvgIpc) is 2.98. The van der Waals surface area contributed by atoms with E-state index in [9.17, 15) is 0 Å². The molecule has 0 spiro atoms. The molecule has 2 heteroatoms. The van der Waals surface area contributed by atoms with Gasteiger partial charge in [0.2, 0.25) is 0 Å². The van der Waals surface area contributed by atoms with Crippen molar-refractivity contribution in [3.05, 3.63) is 23.9 Å². The molecular formula is C12H18N2. The van der Waals surface area contributed by atoms with Crippen LogP contribution < -0.4 is 5.32 Å². The van der Waals surface area contributed by atoms with E-state index in [1.54, 1.807) is 0 Å². The molecule has 2 rings (SSSR count). The summed E-state index contributed by atoms with van der Waals surface area (Å²) in [6.07, 6.45) is 5.89. The van der Waals surface area contributed by atoms with Gasteiger partial charge in [-0.25, -0.2) is 4.98 Å². The molecule has 14 heavy (non-hydrogen) atoms. The van der Waals surface area contributed by atoms with E-state index < -0.39 is 0 Å². The minimum atomic E-state index is 0.587. The molecule has 1 fully saturated rings. The predicted octanol–water partition coefficient (Wildman–Crippen LogP) is 2.99. The van der Waals surface area contributed by atoms with E-state index in [0.29, 0.717) is 5.41 Å². The number of nitrogens with one attached hydrogen (secondary N) is 1. The third-order valence-corrected chi connectivity index (χ3v) is 3.35. The zero-order chi connectivity index (χ0) is 10.0. The molecule has 76 valence electrons. The fourth-order valence-electron chi connectivity index (χ4n) is 1.77. The predicted molar refractivity (Wildman–Crippen MR) is 59.4 cm³/mol. The summed E-state index contributed by atoms with van der Waals surface area (Å²) in [6, 6.07) is 4.08. The van der Waals surface area contributed by atoms with Crippen molar-refractivity contribution in [2.75, 3.05) is 11.9 Å². The van der Waals surface area contributed by atoms with E-state index >= 15 is 0 Å². The van der Waals surface area contributed by atoms with Crippen molar-refractivity contribution in [2.45, 2.75) is 33.1 Å². The number of hydrogen-bond donors (Lipinski definition) is 1. The van der Waals surface area contributed by atoms with Crippen LogP contribution in [0, 0.1) is 12.3 Å². The van der Waals surface area contributed by atoms with Gasteiger partial charge in [-0.2, -0.15) is 0 Å². The normalized spacial score (nSPS) is 17.9. The van der Waals surface area contributed by atoms with Gasteiger partial charge in [-0.3, -0.25) is 0 Å². The van der Waals surface area contributed by atoms with Crippen molar-refractivity contribution in [3.8, 4) is 0 Å². The highest BCUT2D eigenvalue weighted by molar-refractivity contribution is 5.42. The van der Waals surface area contributed by atoms with Crippen molar-refractivity contribution in [2.24, 2.45) is 5.41 Å². The second-order valence-electron chi connectivity index (χ2n) is 4.38. The molecular weight excluding hydrogens is 172 g/mol. The lowest BCUT2D eigenvalue weighted by atomic mass is 10.0. The van der Waals surface area contributed by atoms with Crippen LogP contribution in [0.5, 0.6) is 0 Å². The maximum absolute atomic E-state index is 4.33. The monoisotopic (exact) mass is 190 g/mol. The lowest BCUT2D eigenvalue weighted by Crippen LogP contribution is -2.15. The van der Waals surface area contributed by atoms with Crippen LogP contribution in [0.15, 0.2) is 18.3 Å². The summed E-state index contributed by atoms with van der Waals surface area (Å²) in [5.41, 5.74) is 1.82. The Labute approximate surface area is 85.7 Å². The van der Waals surface area contributed by atoms with Gasteiger partial charge in [0.15, 0.2) is 0 Å². The smallest absolute Gasteiger partial charge is 0.128 e. The van der Waals surface area contributed by atoms with Crippen LogP contribution in [-0.4, -0.2) is 11.5 Å². The van der Waals surface area contributed by atoms with Crippen LogP contribution in [0.2, 0.25) is 0 Å². The van der Waals surface area contributed by atoms with Crippen LogP contribution in [0.1, 0.15) is 31.7 Å². The van der Waals surface area contributed by atoms with Gasteiger partial charge in [0.25, 0.3) is 0 Å². The van der Waals surface area contributed by atoms with E-state index in [1.807, 2.05) is 12.3 Å². The molecule has 0 saturated heterocycles. The van der Waals surface area contributed by atoms with Crippen molar-refractivity contribution in [1.29, 1.82) is 0 Å². The quantitative estimate of drug-likeness (QED) is 0.789. The minimum Gasteiger partial charge on any atom is -0.369 e. The Kier molecular flexibility index (Phi) is 2.44. The molecule has 0 aliphatic heterocycles. The SMILES string of the molecule is CCC1(CNc2ncccc2C)CC1. The number of rotatable bonds is 4. The largest absolute Gasteiger partial charge is 0.369 e. The standard InChI is InChI=1S/C12H18N2/c1-3-12(6-7-12)9-14-11-10(2)5-4-8-13-11/h4-5,8H,3,6-7,9H2,1-2H3,(H,13,14). The van der Waals surface area contributed by atoms with Gasteiger partial charge in [0, 0.05) is 12.7 Å². The van der Waals surface area contributed by atoms with Crippen molar-refractivity contribution in [1.82, 2.24) is 4.98 Å². The Bertz CT molecular complexity index is 316. The molecule has 2 nitrogen and oxygen atoms in total. The zero-order valence-electron chi connectivity index (χ0n) is 9.01. The van der Waals surface area contributed by atoms with Gasteiger partial charge in [0.05, 0.1) is 0 Å². The molecule has 0 aromatic carbocycles. The third-order valence-electron chi connectivity index (χ3n) is 3.35. The van der Waals surface area contributed by atoms with Crippen LogP contribution in [0.25, 0.3) is 0 Å². The molecule has 1 N–H and O–H groups in total. The molecule has 0 unspecified atom stereocenters. The molecule has 0 bridgehead atoms. The Morgan fingerprint density at radius 3 is 2.86 bits per heavy atom. The first-order valence-corrected chi connectivity index (χ1v) is 5.41. The first kappa shape index (κ1) is 9.50. The lowest BCUT2D eigenvalue weighted by molar-refractivity contribution is 0.520. The summed E-state index contributed by atoms with van der Waals surface area (Å²) in [4.78, 5) is 4.33. The number of hydrogen-bond acceptors (Lipinski definition) is 2. The molecule has 1 saturated carbocycles. The summed E-state index contributed by atoms with van der Waals surface area (Å²) >= 11 is 0. The number of anilines is 1. The first-order chi connectivity index (χ1) is 6.76. The third kappa shape index (κ3) is 1.89. The highest BCUT2D eigenvalue weighted by Crippen LogP contribution is 2.48. The maximum Gasteiger partial charge on any atom is 0.128 e. The van der Waals surface area contributed by atoms with Crippen LogP contribution >= 0.6 is 0 Å². The minimum absolute atomic E-state index is 0.587. The molecule has 1 heterocycles. The van der Waals surface area contributed by atoms with E-state index in [0.717, 1.165) is 12.4 Å². The first-order valence-electron chi connectivity index (χ1n) is 5.41. The van der Waals surface area contributed by atoms with E-state index in [1.165, 1.54) is 24.8 Å². The van der Waals surface area contributed by atoms with Crippen molar-refractivity contribution in [3.63, 3.8) is 0 Å². The van der Waals surface area contributed by atoms with E-state index in [4.69, 9.17) is 0 Å². The Morgan fingerprint density at radius 1 is 1.50 bits per heavy atom. The summed E-state index contributed by atoms with van der Waals surface area (Å²) in [7, 11) is 0. The number of aromatic nitrogens is 1. The van der Waals surface area contributed by atoms with Gasteiger partial charge in [-0.05, 0) is 43.2 Å².